The van der Waals surface area contributed by atoms with Crippen molar-refractivity contribution < 1.29 is 18.9 Å². The number of methoxy groups -OCH3 is 3. The van der Waals surface area contributed by atoms with Crippen molar-refractivity contribution in [2.75, 3.05) is 34.4 Å². The Morgan fingerprint density at radius 3 is 2.38 bits per heavy atom. The van der Waals surface area contributed by atoms with E-state index in [1.54, 1.807) is 27.5 Å². The van der Waals surface area contributed by atoms with Gasteiger partial charge in [-0.2, -0.15) is 5.10 Å². The smallest absolute Gasteiger partial charge is 0.203 e. The molecule has 1 aliphatic heterocycles. The second-order valence-electron chi connectivity index (χ2n) is 7.24. The van der Waals surface area contributed by atoms with Crippen LogP contribution in [0.5, 0.6) is 23.0 Å². The molecule has 0 amide bonds. The summed E-state index contributed by atoms with van der Waals surface area (Å²) >= 11 is 0. The van der Waals surface area contributed by atoms with Gasteiger partial charge in [-0.1, -0.05) is 0 Å². The van der Waals surface area contributed by atoms with E-state index in [-0.39, 0.29) is 6.10 Å². The maximum Gasteiger partial charge on any atom is 0.203 e. The average Bonchev–Trinajstić information content (AvgIpc) is 3.44. The molecule has 0 radical (unpaired) electrons. The molecule has 1 fully saturated rings. The number of aromatic nitrogens is 2. The van der Waals surface area contributed by atoms with Gasteiger partial charge in [-0.05, 0) is 49.7 Å². The predicted molar refractivity (Wildman–Crippen MR) is 111 cm³/mol. The first kappa shape index (κ1) is 19.4. The highest BCUT2D eigenvalue weighted by atomic mass is 16.5. The van der Waals surface area contributed by atoms with E-state index < -0.39 is 0 Å². The molecule has 3 heterocycles. The Balaban J connectivity index is 1.76. The normalized spacial score (nSPS) is 17.3. The van der Waals surface area contributed by atoms with Gasteiger partial charge in [0.25, 0.3) is 0 Å². The van der Waals surface area contributed by atoms with Crippen LogP contribution in [0.2, 0.25) is 0 Å². The highest BCUT2D eigenvalue weighted by molar-refractivity contribution is 5.75. The van der Waals surface area contributed by atoms with Gasteiger partial charge in [0, 0.05) is 24.2 Å². The maximum absolute atomic E-state index is 6.40. The Bertz CT molecular complexity index is 970. The van der Waals surface area contributed by atoms with Crippen molar-refractivity contribution in [1.29, 1.82) is 0 Å². The lowest BCUT2D eigenvalue weighted by Crippen LogP contribution is -2.25. The number of nitrogens with zero attached hydrogens (tertiary/aromatic N) is 2. The van der Waals surface area contributed by atoms with Crippen molar-refractivity contribution in [2.45, 2.75) is 19.4 Å². The minimum atomic E-state index is 0.110. The SMILES string of the molecule is COc1cc(-c2cc(OC(C)C3CCNC3)c3ccnn3c2)cc(OC)c1OC. The number of hydrogen-bond donors (Lipinski definition) is 1. The number of nitrogens with one attached hydrogen (secondary N) is 1. The van der Waals surface area contributed by atoms with Gasteiger partial charge in [-0.3, -0.25) is 0 Å². The molecule has 0 aliphatic carbocycles. The van der Waals surface area contributed by atoms with Crippen LogP contribution in [-0.2, 0) is 0 Å². The highest BCUT2D eigenvalue weighted by Gasteiger charge is 2.24. The summed E-state index contributed by atoms with van der Waals surface area (Å²) in [7, 11) is 4.83. The van der Waals surface area contributed by atoms with E-state index in [0.717, 1.165) is 41.9 Å². The summed E-state index contributed by atoms with van der Waals surface area (Å²) in [5.74, 6) is 3.10. The molecule has 7 heteroatoms. The lowest BCUT2D eigenvalue weighted by molar-refractivity contribution is 0.162. The van der Waals surface area contributed by atoms with Gasteiger partial charge in [-0.15, -0.1) is 0 Å². The monoisotopic (exact) mass is 397 g/mol. The van der Waals surface area contributed by atoms with Crippen molar-refractivity contribution in [3.05, 3.63) is 36.7 Å². The van der Waals surface area contributed by atoms with Crippen molar-refractivity contribution in [2.24, 2.45) is 5.92 Å². The summed E-state index contributed by atoms with van der Waals surface area (Å²) in [5.41, 5.74) is 2.82. The van der Waals surface area contributed by atoms with Crippen LogP contribution >= 0.6 is 0 Å². The number of rotatable bonds is 7. The Labute approximate surface area is 170 Å². The molecule has 0 bridgehead atoms. The summed E-state index contributed by atoms with van der Waals surface area (Å²) in [5, 5.41) is 7.83. The molecule has 2 atom stereocenters. The van der Waals surface area contributed by atoms with E-state index in [9.17, 15) is 0 Å². The molecule has 2 aromatic heterocycles. The van der Waals surface area contributed by atoms with E-state index in [1.165, 1.54) is 0 Å². The molecule has 0 saturated carbocycles. The topological polar surface area (TPSA) is 66.3 Å². The van der Waals surface area contributed by atoms with Crippen LogP contribution in [0.25, 0.3) is 16.6 Å². The van der Waals surface area contributed by atoms with Gasteiger partial charge < -0.3 is 24.3 Å². The van der Waals surface area contributed by atoms with Crippen LogP contribution in [0, 0.1) is 5.92 Å². The molecule has 154 valence electrons. The maximum atomic E-state index is 6.40. The van der Waals surface area contributed by atoms with Gasteiger partial charge in [0.1, 0.15) is 17.4 Å². The zero-order chi connectivity index (χ0) is 20.4. The molecular formula is C22H27N3O4. The van der Waals surface area contributed by atoms with Crippen LogP contribution in [0.15, 0.2) is 36.7 Å². The molecule has 4 rings (SSSR count). The van der Waals surface area contributed by atoms with Crippen molar-refractivity contribution in [1.82, 2.24) is 14.9 Å². The number of hydrogen-bond acceptors (Lipinski definition) is 6. The van der Waals surface area contributed by atoms with Crippen molar-refractivity contribution in [3.8, 4) is 34.1 Å². The molecule has 1 aliphatic rings. The fourth-order valence-corrected chi connectivity index (χ4v) is 3.87. The summed E-state index contributed by atoms with van der Waals surface area (Å²) in [6, 6.07) is 7.88. The molecule has 29 heavy (non-hydrogen) atoms. The van der Waals surface area contributed by atoms with Gasteiger partial charge in [-0.25, -0.2) is 4.52 Å². The first-order valence-corrected chi connectivity index (χ1v) is 9.79. The van der Waals surface area contributed by atoms with Gasteiger partial charge in [0.05, 0.1) is 27.5 Å². The third-order valence-corrected chi connectivity index (χ3v) is 5.54. The fraction of sp³-hybridized carbons (Fsp3) is 0.409. The Morgan fingerprint density at radius 1 is 1.03 bits per heavy atom. The van der Waals surface area contributed by atoms with Gasteiger partial charge >= 0.3 is 0 Å². The van der Waals surface area contributed by atoms with Gasteiger partial charge in [0.2, 0.25) is 5.75 Å². The van der Waals surface area contributed by atoms with Crippen LogP contribution in [0.1, 0.15) is 13.3 Å². The van der Waals surface area contributed by atoms with Crippen LogP contribution < -0.4 is 24.3 Å². The van der Waals surface area contributed by atoms with E-state index in [2.05, 4.69) is 23.4 Å². The fourth-order valence-electron chi connectivity index (χ4n) is 3.87. The van der Waals surface area contributed by atoms with E-state index >= 15 is 0 Å². The average molecular weight is 397 g/mol. The molecule has 1 N–H and O–H groups in total. The van der Waals surface area contributed by atoms with E-state index in [1.807, 2.05) is 28.9 Å². The first-order valence-electron chi connectivity index (χ1n) is 9.79. The number of benzene rings is 1. The van der Waals surface area contributed by atoms with E-state index in [4.69, 9.17) is 18.9 Å². The summed E-state index contributed by atoms with van der Waals surface area (Å²) < 4.78 is 24.7. The largest absolute Gasteiger partial charge is 0.493 e. The van der Waals surface area contributed by atoms with Crippen molar-refractivity contribution >= 4 is 5.52 Å². The third-order valence-electron chi connectivity index (χ3n) is 5.54. The number of pyridine rings is 1. The Morgan fingerprint density at radius 2 is 1.76 bits per heavy atom. The standard InChI is InChI=1S/C22H27N3O4/c1-14(15-5-7-23-12-15)29-19-11-17(13-25-18(19)6-8-24-25)16-9-20(26-2)22(28-4)21(10-16)27-3/h6,8-11,13-15,23H,5,7,12H2,1-4H3. The molecule has 3 aromatic rings. The highest BCUT2D eigenvalue weighted by Crippen LogP contribution is 2.42. The molecule has 1 saturated heterocycles. The molecule has 2 unspecified atom stereocenters. The molecular weight excluding hydrogens is 370 g/mol. The Hall–Kier alpha value is -2.93. The minimum Gasteiger partial charge on any atom is -0.493 e. The minimum absolute atomic E-state index is 0.110. The lowest BCUT2D eigenvalue weighted by Gasteiger charge is -2.21. The van der Waals surface area contributed by atoms with E-state index in [0.29, 0.717) is 23.2 Å². The summed E-state index contributed by atoms with van der Waals surface area (Å²) in [6.45, 7) is 4.17. The lowest BCUT2D eigenvalue weighted by atomic mass is 10.0. The summed E-state index contributed by atoms with van der Waals surface area (Å²) in [4.78, 5) is 0. The van der Waals surface area contributed by atoms with Crippen LogP contribution in [0.3, 0.4) is 0 Å². The zero-order valence-electron chi connectivity index (χ0n) is 17.3. The third kappa shape index (κ3) is 3.70. The molecule has 7 nitrogen and oxygen atoms in total. The zero-order valence-corrected chi connectivity index (χ0v) is 17.3. The number of fused-ring (bicyclic) bond motifs is 1. The van der Waals surface area contributed by atoms with Crippen molar-refractivity contribution in [3.63, 3.8) is 0 Å². The second kappa shape index (κ2) is 8.21. The predicted octanol–water partition coefficient (Wildman–Crippen LogP) is 3.40. The number of ether oxygens (including phenoxy) is 4. The summed E-state index contributed by atoms with van der Waals surface area (Å²) in [6.07, 6.45) is 5.00. The Kier molecular flexibility index (Phi) is 5.49. The first-order chi connectivity index (χ1) is 14.1. The quantitative estimate of drug-likeness (QED) is 0.659. The molecule has 0 spiro atoms. The van der Waals surface area contributed by atoms with Gasteiger partial charge in [0.15, 0.2) is 11.5 Å². The van der Waals surface area contributed by atoms with Crippen LogP contribution in [-0.4, -0.2) is 50.1 Å². The van der Waals surface area contributed by atoms with Crippen LogP contribution in [0.4, 0.5) is 0 Å². The second-order valence-corrected chi connectivity index (χ2v) is 7.24. The molecule has 1 aromatic carbocycles.